The minimum Gasteiger partial charge on any atom is -0.329 e. The first-order valence-corrected chi connectivity index (χ1v) is 12.4. The molecule has 0 radical (unpaired) electrons. The second-order valence-electron chi connectivity index (χ2n) is 9.56. The number of nitro benzene ring substituents is 1. The minimum absolute atomic E-state index is 0.0385. The van der Waals surface area contributed by atoms with Crippen molar-refractivity contribution < 1.29 is 18.9 Å². The van der Waals surface area contributed by atoms with Crippen LogP contribution in [0, 0.1) is 28.8 Å². The second-order valence-corrected chi connectivity index (χ2v) is 9.56. The summed E-state index contributed by atoms with van der Waals surface area (Å²) in [5.41, 5.74) is 2.36. The Hall–Kier alpha value is -4.86. The average Bonchev–Trinajstić information content (AvgIpc) is 3.32. The van der Waals surface area contributed by atoms with Crippen LogP contribution in [0.5, 0.6) is 0 Å². The van der Waals surface area contributed by atoms with E-state index in [1.807, 2.05) is 44.2 Å². The van der Waals surface area contributed by atoms with Gasteiger partial charge in [0.1, 0.15) is 18.2 Å². The molecule has 0 saturated heterocycles. The van der Waals surface area contributed by atoms with Crippen molar-refractivity contribution in [2.24, 2.45) is 5.92 Å². The van der Waals surface area contributed by atoms with Gasteiger partial charge in [-0.25, -0.2) is 9.07 Å². The second kappa shape index (κ2) is 11.7. The van der Waals surface area contributed by atoms with Crippen molar-refractivity contribution in [3.05, 3.63) is 106 Å². The van der Waals surface area contributed by atoms with Gasteiger partial charge in [-0.1, -0.05) is 50.2 Å². The quantitative estimate of drug-likeness (QED) is 0.223. The molecule has 10 heteroatoms. The van der Waals surface area contributed by atoms with Crippen molar-refractivity contribution in [1.29, 1.82) is 0 Å². The smallest absolute Gasteiger partial charge is 0.273 e. The highest BCUT2D eigenvalue weighted by Crippen LogP contribution is 2.25. The Labute approximate surface area is 225 Å². The topological polar surface area (TPSA) is 110 Å². The number of hydrogen-bond donors (Lipinski definition) is 1. The zero-order valence-electron chi connectivity index (χ0n) is 21.8. The van der Waals surface area contributed by atoms with E-state index in [4.69, 9.17) is 0 Å². The van der Waals surface area contributed by atoms with E-state index in [-0.39, 0.29) is 30.3 Å². The van der Waals surface area contributed by atoms with Gasteiger partial charge in [-0.3, -0.25) is 19.7 Å². The molecule has 1 N–H and O–H groups in total. The zero-order valence-corrected chi connectivity index (χ0v) is 21.8. The summed E-state index contributed by atoms with van der Waals surface area (Å²) in [6.45, 7) is 5.39. The number of hydrogen-bond acceptors (Lipinski definition) is 5. The molecule has 4 aromatic rings. The number of amides is 2. The van der Waals surface area contributed by atoms with Gasteiger partial charge in [-0.05, 0) is 43.2 Å². The highest BCUT2D eigenvalue weighted by Gasteiger charge is 2.24. The third kappa shape index (κ3) is 6.53. The van der Waals surface area contributed by atoms with E-state index in [9.17, 15) is 24.1 Å². The minimum atomic E-state index is -0.535. The lowest BCUT2D eigenvalue weighted by molar-refractivity contribution is -0.385. The fourth-order valence-electron chi connectivity index (χ4n) is 4.14. The van der Waals surface area contributed by atoms with E-state index in [1.165, 1.54) is 39.9 Å². The van der Waals surface area contributed by atoms with Crippen molar-refractivity contribution in [3.8, 4) is 16.9 Å². The number of aromatic nitrogens is 2. The van der Waals surface area contributed by atoms with Crippen molar-refractivity contribution in [1.82, 2.24) is 14.7 Å². The first-order valence-electron chi connectivity index (χ1n) is 12.4. The molecule has 0 aliphatic carbocycles. The molecule has 1 aromatic heterocycles. The highest BCUT2D eigenvalue weighted by atomic mass is 19.1. The van der Waals surface area contributed by atoms with E-state index < -0.39 is 22.6 Å². The van der Waals surface area contributed by atoms with Gasteiger partial charge >= 0.3 is 0 Å². The predicted octanol–water partition coefficient (Wildman–Crippen LogP) is 5.63. The molecule has 0 aliphatic heterocycles. The third-order valence-corrected chi connectivity index (χ3v) is 5.98. The van der Waals surface area contributed by atoms with Gasteiger partial charge in [0, 0.05) is 35.4 Å². The Balaban J connectivity index is 1.62. The standard InChI is InChI=1S/C29H28FN5O4/c1-19(2)17-33(29(37)22-10-9-20(3)26(15-22)35(38)39)18-28(36)31-27-16-25(21-7-5-4-6-8-21)32-34(27)24-13-11-23(30)12-14-24/h4-16,19H,17-18H2,1-3H3,(H,31,36). The fraction of sp³-hybridized carbons (Fsp3) is 0.207. The molecular formula is C29H28FN5O4. The van der Waals surface area contributed by atoms with E-state index in [0.29, 0.717) is 22.8 Å². The molecule has 0 fully saturated rings. The summed E-state index contributed by atoms with van der Waals surface area (Å²) >= 11 is 0. The summed E-state index contributed by atoms with van der Waals surface area (Å²) in [6, 6.07) is 21.1. The van der Waals surface area contributed by atoms with Gasteiger partial charge < -0.3 is 10.2 Å². The van der Waals surface area contributed by atoms with Gasteiger partial charge in [0.05, 0.1) is 16.3 Å². The largest absolute Gasteiger partial charge is 0.329 e. The molecule has 0 spiro atoms. The maximum absolute atomic E-state index is 13.6. The summed E-state index contributed by atoms with van der Waals surface area (Å²) in [4.78, 5) is 38.8. The summed E-state index contributed by atoms with van der Waals surface area (Å²) in [5.74, 6) is -0.989. The lowest BCUT2D eigenvalue weighted by atomic mass is 10.1. The number of nitro groups is 1. The maximum Gasteiger partial charge on any atom is 0.273 e. The monoisotopic (exact) mass is 529 g/mol. The lowest BCUT2D eigenvalue weighted by Crippen LogP contribution is -2.40. The number of carbonyl (C=O) groups excluding carboxylic acids is 2. The van der Waals surface area contributed by atoms with E-state index in [2.05, 4.69) is 10.4 Å². The van der Waals surface area contributed by atoms with Gasteiger partial charge in [0.2, 0.25) is 5.91 Å². The first-order chi connectivity index (χ1) is 18.6. The van der Waals surface area contributed by atoms with Gasteiger partial charge in [-0.2, -0.15) is 5.10 Å². The zero-order chi connectivity index (χ0) is 28.1. The molecule has 0 saturated carbocycles. The Morgan fingerprint density at radius 1 is 1.05 bits per heavy atom. The average molecular weight is 530 g/mol. The highest BCUT2D eigenvalue weighted by molar-refractivity contribution is 5.99. The van der Waals surface area contributed by atoms with Crippen LogP contribution < -0.4 is 5.32 Å². The van der Waals surface area contributed by atoms with Crippen molar-refractivity contribution in [3.63, 3.8) is 0 Å². The SMILES string of the molecule is Cc1ccc(C(=O)N(CC(=O)Nc2cc(-c3ccccc3)nn2-c2ccc(F)cc2)CC(C)C)cc1[N+](=O)[O-]. The van der Waals surface area contributed by atoms with Crippen LogP contribution >= 0.6 is 0 Å². The number of anilines is 1. The first kappa shape index (κ1) is 27.2. The third-order valence-electron chi connectivity index (χ3n) is 5.98. The Morgan fingerprint density at radius 3 is 2.38 bits per heavy atom. The molecule has 0 bridgehead atoms. The van der Waals surface area contributed by atoms with Crippen LogP contribution in [0.3, 0.4) is 0 Å². The molecule has 2 amide bonds. The molecule has 3 aromatic carbocycles. The van der Waals surface area contributed by atoms with Gasteiger partial charge in [0.25, 0.3) is 11.6 Å². The van der Waals surface area contributed by atoms with Crippen LogP contribution in [0.25, 0.3) is 16.9 Å². The molecule has 4 rings (SSSR count). The van der Waals surface area contributed by atoms with Crippen molar-refractivity contribution in [2.75, 3.05) is 18.4 Å². The van der Waals surface area contributed by atoms with E-state index in [1.54, 1.807) is 25.1 Å². The Bertz CT molecular complexity index is 1500. The van der Waals surface area contributed by atoms with Crippen molar-refractivity contribution in [2.45, 2.75) is 20.8 Å². The van der Waals surface area contributed by atoms with Crippen LogP contribution in [0.1, 0.15) is 29.8 Å². The molecule has 1 heterocycles. The number of carbonyl (C=O) groups is 2. The van der Waals surface area contributed by atoms with Crippen LogP contribution in [0.15, 0.2) is 78.9 Å². The van der Waals surface area contributed by atoms with E-state index in [0.717, 1.165) is 5.56 Å². The number of rotatable bonds is 9. The normalized spacial score (nSPS) is 10.9. The van der Waals surface area contributed by atoms with E-state index >= 15 is 0 Å². The lowest BCUT2D eigenvalue weighted by Gasteiger charge is -2.24. The molecule has 0 aliphatic rings. The predicted molar refractivity (Wildman–Crippen MR) is 146 cm³/mol. The fourth-order valence-corrected chi connectivity index (χ4v) is 4.14. The maximum atomic E-state index is 13.6. The number of nitrogens with one attached hydrogen (secondary N) is 1. The van der Waals surface area contributed by atoms with Gasteiger partial charge in [0.15, 0.2) is 0 Å². The molecule has 0 atom stereocenters. The molecular weight excluding hydrogens is 501 g/mol. The summed E-state index contributed by atoms with van der Waals surface area (Å²) < 4.78 is 15.1. The van der Waals surface area contributed by atoms with Crippen LogP contribution in [0.2, 0.25) is 0 Å². The van der Waals surface area contributed by atoms with Crippen LogP contribution in [-0.2, 0) is 4.79 Å². The number of nitrogens with zero attached hydrogens (tertiary/aromatic N) is 4. The number of benzene rings is 3. The molecule has 9 nitrogen and oxygen atoms in total. The number of aryl methyl sites for hydroxylation is 1. The summed E-state index contributed by atoms with van der Waals surface area (Å²) in [6.07, 6.45) is 0. The Morgan fingerprint density at radius 2 is 1.74 bits per heavy atom. The Kier molecular flexibility index (Phi) is 8.14. The van der Waals surface area contributed by atoms with Gasteiger partial charge in [-0.15, -0.1) is 0 Å². The number of halogens is 1. The van der Waals surface area contributed by atoms with Crippen LogP contribution in [-0.4, -0.2) is 44.5 Å². The molecule has 0 unspecified atom stereocenters. The van der Waals surface area contributed by atoms with Crippen LogP contribution in [0.4, 0.5) is 15.9 Å². The van der Waals surface area contributed by atoms with Crippen molar-refractivity contribution >= 4 is 23.3 Å². The molecule has 39 heavy (non-hydrogen) atoms. The molecule has 200 valence electrons. The summed E-state index contributed by atoms with van der Waals surface area (Å²) in [5, 5.41) is 18.8. The summed E-state index contributed by atoms with van der Waals surface area (Å²) in [7, 11) is 0.